The molecule has 0 unspecified atom stereocenters. The molecule has 0 atom stereocenters. The van der Waals surface area contributed by atoms with Crippen molar-refractivity contribution in [1.82, 2.24) is 15.5 Å². The molecule has 0 fully saturated rings. The summed E-state index contributed by atoms with van der Waals surface area (Å²) in [6.07, 6.45) is 2.53. The molecule has 2 aromatic heterocycles. The number of carbonyl (C=O) groups is 1. The Morgan fingerprint density at radius 1 is 1.19 bits per heavy atom. The van der Waals surface area contributed by atoms with E-state index in [1.807, 2.05) is 37.3 Å². The molecule has 0 aliphatic rings. The fraction of sp³-hybridized carbons (Fsp3) is 0.250. The predicted octanol–water partition coefficient (Wildman–Crippen LogP) is 3.89. The molecular weight excluding hydrogens is 346 g/mol. The topological polar surface area (TPSA) is 86.5 Å². The Balaban J connectivity index is 1.72. The molecule has 0 bridgehead atoms. The van der Waals surface area contributed by atoms with Gasteiger partial charge < -0.3 is 19.3 Å². The average Bonchev–Trinajstić information content (AvgIpc) is 3.13. The Morgan fingerprint density at radius 2 is 2.00 bits per heavy atom. The second-order valence-corrected chi connectivity index (χ2v) is 5.88. The largest absolute Gasteiger partial charge is 0.490 e. The zero-order valence-corrected chi connectivity index (χ0v) is 15.3. The van der Waals surface area contributed by atoms with Gasteiger partial charge in [-0.2, -0.15) is 0 Å². The van der Waals surface area contributed by atoms with Crippen molar-refractivity contribution in [1.29, 1.82) is 0 Å². The first-order valence-electron chi connectivity index (χ1n) is 8.72. The number of aromatic nitrogens is 2. The third-order valence-corrected chi connectivity index (χ3v) is 3.66. The molecule has 2 heterocycles. The highest BCUT2D eigenvalue weighted by molar-refractivity contribution is 5.91. The van der Waals surface area contributed by atoms with Crippen LogP contribution in [0.3, 0.4) is 0 Å². The second-order valence-electron chi connectivity index (χ2n) is 5.88. The zero-order valence-electron chi connectivity index (χ0n) is 15.3. The number of rotatable bonds is 8. The maximum Gasteiger partial charge on any atom is 0.290 e. The van der Waals surface area contributed by atoms with Gasteiger partial charge in [0.2, 0.25) is 11.6 Å². The minimum Gasteiger partial charge on any atom is -0.490 e. The van der Waals surface area contributed by atoms with Gasteiger partial charge in [0.05, 0.1) is 12.3 Å². The Bertz CT molecular complexity index is 908. The molecule has 0 radical (unpaired) electrons. The van der Waals surface area contributed by atoms with E-state index in [-0.39, 0.29) is 18.2 Å². The van der Waals surface area contributed by atoms with E-state index in [4.69, 9.17) is 14.0 Å². The minimum atomic E-state index is -0.350. The van der Waals surface area contributed by atoms with Crippen LogP contribution < -0.4 is 14.8 Å². The lowest BCUT2D eigenvalue weighted by molar-refractivity contribution is 0.0913. The van der Waals surface area contributed by atoms with E-state index in [1.165, 1.54) is 0 Å². The Kier molecular flexibility index (Phi) is 6.04. The number of ether oxygens (including phenoxy) is 2. The second kappa shape index (κ2) is 8.84. The van der Waals surface area contributed by atoms with Crippen molar-refractivity contribution in [2.24, 2.45) is 0 Å². The normalized spacial score (nSPS) is 10.4. The van der Waals surface area contributed by atoms with Crippen LogP contribution in [0.1, 0.15) is 35.2 Å². The Hall–Kier alpha value is -3.35. The lowest BCUT2D eigenvalue weighted by Crippen LogP contribution is -2.22. The SMILES string of the molecule is CCCOc1ccccc1Oc1ncccc1CNC(=O)c1cc(C)no1. The van der Waals surface area contributed by atoms with E-state index >= 15 is 0 Å². The molecular formula is C20H21N3O4. The molecule has 140 valence electrons. The summed E-state index contributed by atoms with van der Waals surface area (Å²) >= 11 is 0. The number of hydrogen-bond acceptors (Lipinski definition) is 6. The highest BCUT2D eigenvalue weighted by Crippen LogP contribution is 2.31. The molecule has 1 amide bonds. The van der Waals surface area contributed by atoms with Crippen LogP contribution in [0.15, 0.2) is 53.2 Å². The van der Waals surface area contributed by atoms with Gasteiger partial charge in [0, 0.05) is 24.4 Å². The monoisotopic (exact) mass is 367 g/mol. The van der Waals surface area contributed by atoms with Gasteiger partial charge in [-0.25, -0.2) is 4.98 Å². The first-order chi connectivity index (χ1) is 13.2. The fourth-order valence-corrected chi connectivity index (χ4v) is 2.35. The van der Waals surface area contributed by atoms with Gasteiger partial charge in [0.15, 0.2) is 11.5 Å². The quantitative estimate of drug-likeness (QED) is 0.650. The van der Waals surface area contributed by atoms with E-state index in [9.17, 15) is 4.79 Å². The molecule has 27 heavy (non-hydrogen) atoms. The maximum absolute atomic E-state index is 12.1. The van der Waals surface area contributed by atoms with E-state index in [1.54, 1.807) is 25.3 Å². The summed E-state index contributed by atoms with van der Waals surface area (Å²) in [6.45, 7) is 4.63. The summed E-state index contributed by atoms with van der Waals surface area (Å²) in [5, 5.41) is 6.49. The molecule has 1 aromatic carbocycles. The average molecular weight is 367 g/mol. The molecule has 0 saturated carbocycles. The van der Waals surface area contributed by atoms with Crippen LogP contribution in [0.4, 0.5) is 0 Å². The van der Waals surface area contributed by atoms with Crippen molar-refractivity contribution in [3.8, 4) is 17.4 Å². The summed E-state index contributed by atoms with van der Waals surface area (Å²) in [6, 6.07) is 12.6. The summed E-state index contributed by atoms with van der Waals surface area (Å²) in [5.41, 5.74) is 1.38. The van der Waals surface area contributed by atoms with Gasteiger partial charge in [-0.05, 0) is 31.5 Å². The first-order valence-corrected chi connectivity index (χ1v) is 8.72. The zero-order chi connectivity index (χ0) is 19.1. The number of amides is 1. The highest BCUT2D eigenvalue weighted by atomic mass is 16.5. The lowest BCUT2D eigenvalue weighted by atomic mass is 10.2. The summed E-state index contributed by atoms with van der Waals surface area (Å²) in [5.74, 6) is 1.44. The highest BCUT2D eigenvalue weighted by Gasteiger charge is 2.14. The molecule has 0 saturated heterocycles. The minimum absolute atomic E-state index is 0.164. The first kappa shape index (κ1) is 18.4. The molecule has 7 nitrogen and oxygen atoms in total. The van der Waals surface area contributed by atoms with Gasteiger partial charge in [0.1, 0.15) is 0 Å². The molecule has 0 aliphatic carbocycles. The summed E-state index contributed by atoms with van der Waals surface area (Å²) in [4.78, 5) is 16.4. The molecule has 7 heteroatoms. The van der Waals surface area contributed by atoms with Gasteiger partial charge in [-0.3, -0.25) is 4.79 Å². The van der Waals surface area contributed by atoms with Crippen molar-refractivity contribution >= 4 is 5.91 Å². The number of nitrogens with one attached hydrogen (secondary N) is 1. The van der Waals surface area contributed by atoms with Crippen LogP contribution >= 0.6 is 0 Å². The van der Waals surface area contributed by atoms with Crippen molar-refractivity contribution in [3.05, 3.63) is 65.7 Å². The van der Waals surface area contributed by atoms with Crippen molar-refractivity contribution < 1.29 is 18.8 Å². The van der Waals surface area contributed by atoms with Crippen LogP contribution in [0.5, 0.6) is 17.4 Å². The van der Waals surface area contributed by atoms with Crippen LogP contribution in [-0.2, 0) is 6.54 Å². The molecule has 3 rings (SSSR count). The fourth-order valence-electron chi connectivity index (χ4n) is 2.35. The van der Waals surface area contributed by atoms with Crippen molar-refractivity contribution in [2.75, 3.05) is 6.61 Å². The molecule has 1 N–H and O–H groups in total. The lowest BCUT2D eigenvalue weighted by Gasteiger charge is -2.13. The smallest absolute Gasteiger partial charge is 0.290 e. The van der Waals surface area contributed by atoms with Crippen LogP contribution in [-0.4, -0.2) is 22.7 Å². The number of aryl methyl sites for hydroxylation is 1. The Labute approximate surface area is 157 Å². The third-order valence-electron chi connectivity index (χ3n) is 3.66. The van der Waals surface area contributed by atoms with Gasteiger partial charge in [-0.1, -0.05) is 30.3 Å². The Morgan fingerprint density at radius 3 is 2.74 bits per heavy atom. The summed E-state index contributed by atoms with van der Waals surface area (Å²) in [7, 11) is 0. The number of nitrogens with zero attached hydrogens (tertiary/aromatic N) is 2. The number of pyridine rings is 1. The number of hydrogen-bond donors (Lipinski definition) is 1. The van der Waals surface area contributed by atoms with Crippen LogP contribution in [0, 0.1) is 6.92 Å². The van der Waals surface area contributed by atoms with Crippen molar-refractivity contribution in [3.63, 3.8) is 0 Å². The number of para-hydroxylation sites is 2. The maximum atomic E-state index is 12.1. The standard InChI is InChI=1S/C20H21N3O4/c1-3-11-25-16-8-4-5-9-17(16)26-20-15(7-6-10-21-20)13-22-19(24)18-12-14(2)23-27-18/h4-10,12H,3,11,13H2,1-2H3,(H,22,24). The van der Waals surface area contributed by atoms with Gasteiger partial charge >= 0.3 is 0 Å². The third kappa shape index (κ3) is 4.84. The molecule has 0 aliphatic heterocycles. The number of benzene rings is 1. The van der Waals surface area contributed by atoms with Crippen LogP contribution in [0.25, 0.3) is 0 Å². The summed E-state index contributed by atoms with van der Waals surface area (Å²) < 4.78 is 16.6. The predicted molar refractivity (Wildman–Crippen MR) is 98.9 cm³/mol. The molecule has 0 spiro atoms. The van der Waals surface area contributed by atoms with E-state index in [0.29, 0.717) is 29.7 Å². The molecule has 3 aromatic rings. The van der Waals surface area contributed by atoms with Crippen molar-refractivity contribution in [2.45, 2.75) is 26.8 Å². The van der Waals surface area contributed by atoms with E-state index in [2.05, 4.69) is 15.5 Å². The van der Waals surface area contributed by atoms with Gasteiger partial charge in [0.25, 0.3) is 5.91 Å². The van der Waals surface area contributed by atoms with E-state index in [0.717, 1.165) is 12.0 Å². The number of carbonyl (C=O) groups excluding carboxylic acids is 1. The van der Waals surface area contributed by atoms with Gasteiger partial charge in [-0.15, -0.1) is 0 Å². The van der Waals surface area contributed by atoms with E-state index < -0.39 is 0 Å². The van der Waals surface area contributed by atoms with Crippen LogP contribution in [0.2, 0.25) is 0 Å².